The Morgan fingerprint density at radius 1 is 1.13 bits per heavy atom. The Hall–Kier alpha value is -3.37. The Balaban J connectivity index is 1.10. The molecule has 10 heteroatoms. The van der Waals surface area contributed by atoms with Gasteiger partial charge in [-0.05, 0) is 91.3 Å². The quantitative estimate of drug-likeness (QED) is 0.250. The van der Waals surface area contributed by atoms with Crippen LogP contribution in [0.15, 0.2) is 66.3 Å². The van der Waals surface area contributed by atoms with Crippen LogP contribution in [0, 0.1) is 5.95 Å². The van der Waals surface area contributed by atoms with Gasteiger partial charge in [0.25, 0.3) is 5.91 Å². The van der Waals surface area contributed by atoms with Crippen LogP contribution < -0.4 is 15.0 Å². The van der Waals surface area contributed by atoms with Gasteiger partial charge in [0, 0.05) is 36.6 Å². The number of thioether (sulfide) groups is 1. The highest BCUT2D eigenvalue weighted by atomic mass is 32.2. The van der Waals surface area contributed by atoms with Crippen LogP contribution >= 0.6 is 23.1 Å². The summed E-state index contributed by atoms with van der Waals surface area (Å²) < 4.78 is 21.5. The number of aromatic nitrogens is 3. The number of ether oxygens (including phenoxy) is 1. The molecule has 0 spiro atoms. The van der Waals surface area contributed by atoms with Crippen LogP contribution in [-0.4, -0.2) is 44.6 Å². The second kappa shape index (κ2) is 11.8. The highest BCUT2D eigenvalue weighted by Crippen LogP contribution is 2.38. The summed E-state index contributed by atoms with van der Waals surface area (Å²) in [5, 5.41) is 5.56. The number of carbonyl (C=O) groups is 1. The predicted molar refractivity (Wildman–Crippen MR) is 155 cm³/mol. The van der Waals surface area contributed by atoms with E-state index in [1.165, 1.54) is 35.1 Å². The van der Waals surface area contributed by atoms with Crippen LogP contribution in [-0.2, 0) is 6.54 Å². The zero-order valence-electron chi connectivity index (χ0n) is 21.5. The van der Waals surface area contributed by atoms with E-state index < -0.39 is 5.95 Å². The molecule has 7 nitrogen and oxygen atoms in total. The Kier molecular flexibility index (Phi) is 7.83. The monoisotopic (exact) mass is 563 g/mol. The molecule has 1 aromatic carbocycles. The third kappa shape index (κ3) is 6.12. The van der Waals surface area contributed by atoms with Crippen molar-refractivity contribution in [1.29, 1.82) is 0 Å². The van der Waals surface area contributed by atoms with Crippen LogP contribution in [0.25, 0.3) is 0 Å². The van der Waals surface area contributed by atoms with E-state index in [2.05, 4.69) is 39.5 Å². The molecule has 0 aliphatic carbocycles. The first-order valence-electron chi connectivity index (χ1n) is 13.3. The highest BCUT2D eigenvalue weighted by molar-refractivity contribution is 7.99. The molecule has 2 fully saturated rings. The number of hydrogen-bond donors (Lipinski definition) is 1. The molecule has 1 atom stereocenters. The maximum absolute atomic E-state index is 13.5. The van der Waals surface area contributed by atoms with Crippen LogP contribution in [0.3, 0.4) is 0 Å². The van der Waals surface area contributed by atoms with Crippen molar-refractivity contribution in [2.24, 2.45) is 0 Å². The number of amides is 1. The van der Waals surface area contributed by atoms with Gasteiger partial charge in [-0.25, -0.2) is 9.97 Å². The van der Waals surface area contributed by atoms with Gasteiger partial charge in [0.05, 0.1) is 11.7 Å². The summed E-state index contributed by atoms with van der Waals surface area (Å²) >= 11 is 3.44. The summed E-state index contributed by atoms with van der Waals surface area (Å²) in [6.07, 6.45) is 7.88. The van der Waals surface area contributed by atoms with Crippen molar-refractivity contribution in [1.82, 2.24) is 14.5 Å². The fraction of sp³-hybridized carbons (Fsp3) is 0.345. The Bertz CT molecular complexity index is 1420. The van der Waals surface area contributed by atoms with Crippen molar-refractivity contribution < 1.29 is 13.9 Å². The molecule has 6 rings (SSSR count). The third-order valence-electron chi connectivity index (χ3n) is 7.18. The first-order chi connectivity index (χ1) is 19.1. The van der Waals surface area contributed by atoms with Gasteiger partial charge in [-0.15, -0.1) is 11.3 Å². The van der Waals surface area contributed by atoms with Gasteiger partial charge in [-0.1, -0.05) is 0 Å². The van der Waals surface area contributed by atoms with Crippen molar-refractivity contribution in [3.05, 3.63) is 89.2 Å². The number of anilines is 2. The van der Waals surface area contributed by atoms with Crippen LogP contribution in [0.1, 0.15) is 53.5 Å². The Morgan fingerprint density at radius 2 is 1.97 bits per heavy atom. The van der Waals surface area contributed by atoms with E-state index >= 15 is 0 Å². The molecule has 4 aromatic rings. The van der Waals surface area contributed by atoms with E-state index in [1.54, 1.807) is 22.8 Å². The smallest absolute Gasteiger partial charge is 0.274 e. The molecule has 1 N–H and O–H groups in total. The van der Waals surface area contributed by atoms with Gasteiger partial charge in [0.2, 0.25) is 5.95 Å². The molecule has 0 unspecified atom stereocenters. The number of thiazole rings is 1. The van der Waals surface area contributed by atoms with E-state index in [9.17, 15) is 9.18 Å². The molecule has 3 aromatic heterocycles. The average molecular weight is 564 g/mol. The normalized spacial score (nSPS) is 17.9. The molecule has 2 aliphatic heterocycles. The fourth-order valence-electron chi connectivity index (χ4n) is 5.24. The summed E-state index contributed by atoms with van der Waals surface area (Å²) in [5.41, 5.74) is 3.35. The predicted octanol–water partition coefficient (Wildman–Crippen LogP) is 6.40. The van der Waals surface area contributed by atoms with Crippen LogP contribution in [0.2, 0.25) is 0 Å². The largest absolute Gasteiger partial charge is 0.490 e. The maximum Gasteiger partial charge on any atom is 0.274 e. The molecule has 2 saturated heterocycles. The molecular formula is C29H30FN5O2S2. The minimum absolute atomic E-state index is 0.166. The molecule has 202 valence electrons. The standard InChI is InChI=1S/C29H30FN5O2S2/c30-27-17-20(9-12-31-27)18-34-13-1-4-26(34)28(36)33-29-32-24(19-39-29)25-3-2-14-35(25)21-5-7-22(8-6-21)37-23-10-15-38-16-11-23/h1,4-9,12-13,17,19,23,25H,2-3,10-11,14-16,18H2,(H,32,33,36)/t25-/m1/s1. The van der Waals surface area contributed by atoms with Gasteiger partial charge in [0.15, 0.2) is 5.13 Å². The van der Waals surface area contributed by atoms with Gasteiger partial charge in [-0.2, -0.15) is 16.2 Å². The van der Waals surface area contributed by atoms with Gasteiger partial charge in [-0.3, -0.25) is 10.1 Å². The summed E-state index contributed by atoms with van der Waals surface area (Å²) in [5.74, 6) is 2.50. The van der Waals surface area contributed by atoms with Crippen LogP contribution in [0.4, 0.5) is 15.2 Å². The second-order valence-corrected chi connectivity index (χ2v) is 11.9. The lowest BCUT2D eigenvalue weighted by molar-refractivity contribution is 0.101. The summed E-state index contributed by atoms with van der Waals surface area (Å²) in [4.78, 5) is 23.8. The molecule has 0 saturated carbocycles. The molecule has 0 bridgehead atoms. The van der Waals surface area contributed by atoms with Crippen molar-refractivity contribution in [2.75, 3.05) is 28.3 Å². The number of halogens is 1. The van der Waals surface area contributed by atoms with E-state index in [4.69, 9.17) is 9.72 Å². The molecule has 2 aliphatic rings. The van der Waals surface area contributed by atoms with Crippen molar-refractivity contribution in [3.8, 4) is 5.75 Å². The molecule has 1 amide bonds. The molecule has 0 radical (unpaired) electrons. The maximum atomic E-state index is 13.5. The van der Waals surface area contributed by atoms with Crippen molar-refractivity contribution >= 4 is 39.8 Å². The van der Waals surface area contributed by atoms with Gasteiger partial charge in [0.1, 0.15) is 17.5 Å². The number of nitrogens with zero attached hydrogens (tertiary/aromatic N) is 4. The minimum atomic E-state index is -0.537. The number of rotatable bonds is 8. The van der Waals surface area contributed by atoms with E-state index in [1.807, 2.05) is 23.3 Å². The van der Waals surface area contributed by atoms with Crippen LogP contribution in [0.5, 0.6) is 5.75 Å². The lowest BCUT2D eigenvalue weighted by Gasteiger charge is -2.26. The number of benzene rings is 1. The lowest BCUT2D eigenvalue weighted by atomic mass is 10.1. The van der Waals surface area contributed by atoms with Gasteiger partial charge >= 0.3 is 0 Å². The Morgan fingerprint density at radius 3 is 2.79 bits per heavy atom. The van der Waals surface area contributed by atoms with Gasteiger partial charge < -0.3 is 14.2 Å². The first-order valence-corrected chi connectivity index (χ1v) is 15.3. The summed E-state index contributed by atoms with van der Waals surface area (Å²) in [6.45, 7) is 1.34. The third-order valence-corrected chi connectivity index (χ3v) is 9.01. The topological polar surface area (TPSA) is 72.3 Å². The first kappa shape index (κ1) is 25.9. The van der Waals surface area contributed by atoms with Crippen molar-refractivity contribution in [2.45, 2.75) is 44.4 Å². The number of pyridine rings is 1. The average Bonchev–Trinajstić information content (AvgIpc) is 3.71. The van der Waals surface area contributed by atoms with E-state index in [0.717, 1.165) is 54.9 Å². The summed E-state index contributed by atoms with van der Waals surface area (Å²) in [7, 11) is 0. The number of carbonyl (C=O) groups excluding carboxylic acids is 1. The Labute approximate surface area is 235 Å². The summed E-state index contributed by atoms with van der Waals surface area (Å²) in [6, 6.07) is 15.3. The highest BCUT2D eigenvalue weighted by Gasteiger charge is 2.29. The zero-order chi connectivity index (χ0) is 26.6. The number of hydrogen-bond acceptors (Lipinski definition) is 7. The fourth-order valence-corrected chi connectivity index (χ4v) is 7.05. The molecule has 5 heterocycles. The number of nitrogens with one attached hydrogen (secondary N) is 1. The molecular weight excluding hydrogens is 533 g/mol. The minimum Gasteiger partial charge on any atom is -0.490 e. The van der Waals surface area contributed by atoms with E-state index in [0.29, 0.717) is 23.5 Å². The zero-order valence-corrected chi connectivity index (χ0v) is 23.1. The second-order valence-electron chi connectivity index (χ2n) is 9.81. The van der Waals surface area contributed by atoms with E-state index in [-0.39, 0.29) is 11.9 Å². The SMILES string of the molecule is O=C(Nc1nc([C@H]2CCCN2c2ccc(OC3CCSCC3)cc2)cs1)c1cccn1Cc1ccnc(F)c1. The lowest BCUT2D eigenvalue weighted by Crippen LogP contribution is -2.23. The van der Waals surface area contributed by atoms with Crippen molar-refractivity contribution in [3.63, 3.8) is 0 Å². The molecule has 39 heavy (non-hydrogen) atoms.